The van der Waals surface area contributed by atoms with E-state index in [4.69, 9.17) is 0 Å². The topological polar surface area (TPSA) is 119 Å². The lowest BCUT2D eigenvalue weighted by molar-refractivity contribution is -0.391. The summed E-state index contributed by atoms with van der Waals surface area (Å²) in [6.45, 7) is 3.54. The summed E-state index contributed by atoms with van der Waals surface area (Å²) in [7, 11) is 1.57. The molecule has 0 unspecified atom stereocenters. The molecule has 124 valence electrons. The number of hydrogen-bond donors (Lipinski definition) is 1. The fourth-order valence-corrected chi connectivity index (χ4v) is 2.76. The average molecular weight is 329 g/mol. The van der Waals surface area contributed by atoms with Crippen LogP contribution >= 0.6 is 0 Å². The molecular formula is C13H15N9O2. The molecule has 0 radical (unpaired) electrons. The molecule has 0 atom stereocenters. The van der Waals surface area contributed by atoms with Crippen molar-refractivity contribution in [1.82, 2.24) is 34.7 Å². The van der Waals surface area contributed by atoms with Gasteiger partial charge in [-0.1, -0.05) is 0 Å². The Balaban J connectivity index is 1.80. The zero-order valence-corrected chi connectivity index (χ0v) is 13.0. The van der Waals surface area contributed by atoms with E-state index in [1.54, 1.807) is 11.6 Å². The van der Waals surface area contributed by atoms with E-state index in [1.165, 1.54) is 10.8 Å². The Labute approximate surface area is 136 Å². The molecule has 24 heavy (non-hydrogen) atoms. The maximum atomic E-state index is 11.0. The van der Waals surface area contributed by atoms with Crippen LogP contribution in [0.15, 0.2) is 18.3 Å². The highest BCUT2D eigenvalue weighted by Gasteiger charge is 2.23. The van der Waals surface area contributed by atoms with Crippen LogP contribution in [0.25, 0.3) is 17.3 Å². The van der Waals surface area contributed by atoms with Crippen LogP contribution in [0.3, 0.4) is 0 Å². The second-order valence-electron chi connectivity index (χ2n) is 5.48. The molecule has 1 fully saturated rings. The molecule has 3 aromatic rings. The Bertz CT molecular complexity index is 909. The van der Waals surface area contributed by atoms with Crippen molar-refractivity contribution in [3.63, 3.8) is 0 Å². The number of piperazine rings is 1. The van der Waals surface area contributed by atoms with E-state index in [-0.39, 0.29) is 5.82 Å². The number of anilines is 1. The third-order valence-electron chi connectivity index (χ3n) is 4.04. The molecule has 0 bridgehead atoms. The van der Waals surface area contributed by atoms with Gasteiger partial charge in [-0.15, -0.1) is 15.3 Å². The van der Waals surface area contributed by atoms with Crippen LogP contribution in [0.4, 0.5) is 11.6 Å². The zero-order valence-electron chi connectivity index (χ0n) is 13.0. The van der Waals surface area contributed by atoms with Gasteiger partial charge < -0.3 is 20.3 Å². The lowest BCUT2D eigenvalue weighted by Crippen LogP contribution is -2.44. The minimum atomic E-state index is -0.487. The van der Waals surface area contributed by atoms with Gasteiger partial charge in [-0.2, -0.15) is 4.52 Å². The second-order valence-corrected chi connectivity index (χ2v) is 5.48. The number of rotatable bonds is 3. The first-order chi connectivity index (χ1) is 11.6. The SMILES string of the molecule is Cn1c([N+](=O)[O-])cnc1-c1nnc2ccc(N3CCNCC3)nn12. The molecule has 11 nitrogen and oxygen atoms in total. The molecule has 4 heterocycles. The molecule has 0 amide bonds. The number of hydrogen-bond acceptors (Lipinski definition) is 8. The molecule has 1 N–H and O–H groups in total. The maximum Gasteiger partial charge on any atom is 0.343 e. The van der Waals surface area contributed by atoms with Gasteiger partial charge in [-0.05, 0) is 17.1 Å². The average Bonchev–Trinajstić information content (AvgIpc) is 3.18. The summed E-state index contributed by atoms with van der Waals surface area (Å²) in [5.74, 6) is 1.42. The maximum absolute atomic E-state index is 11.0. The largest absolute Gasteiger partial charge is 0.358 e. The van der Waals surface area contributed by atoms with Crippen LogP contribution in [0.2, 0.25) is 0 Å². The summed E-state index contributed by atoms with van der Waals surface area (Å²) < 4.78 is 2.94. The first kappa shape index (κ1) is 14.5. The summed E-state index contributed by atoms with van der Waals surface area (Å²) in [6.07, 6.45) is 1.20. The van der Waals surface area contributed by atoms with Gasteiger partial charge in [0, 0.05) is 26.2 Å². The number of aromatic nitrogens is 6. The molecule has 0 spiro atoms. The molecule has 0 aromatic carbocycles. The van der Waals surface area contributed by atoms with Crippen LogP contribution in [-0.4, -0.2) is 60.5 Å². The number of nitro groups is 1. The minimum Gasteiger partial charge on any atom is -0.358 e. The van der Waals surface area contributed by atoms with Crippen LogP contribution in [0.1, 0.15) is 0 Å². The zero-order chi connectivity index (χ0) is 16.7. The van der Waals surface area contributed by atoms with Gasteiger partial charge in [0.1, 0.15) is 12.0 Å². The predicted octanol–water partition coefficient (Wildman–Crippen LogP) is -0.157. The molecule has 0 saturated carbocycles. The molecule has 1 aliphatic rings. The van der Waals surface area contributed by atoms with Gasteiger partial charge in [0.2, 0.25) is 5.82 Å². The van der Waals surface area contributed by atoms with Crippen molar-refractivity contribution >= 4 is 17.3 Å². The third-order valence-corrected chi connectivity index (χ3v) is 4.04. The Morgan fingerprint density at radius 1 is 1.21 bits per heavy atom. The van der Waals surface area contributed by atoms with Gasteiger partial charge in [-0.25, -0.2) is 9.55 Å². The molecule has 3 aromatic heterocycles. The van der Waals surface area contributed by atoms with Crippen molar-refractivity contribution in [2.45, 2.75) is 0 Å². The minimum absolute atomic E-state index is 0.111. The normalized spacial score (nSPS) is 15.1. The van der Waals surface area contributed by atoms with Gasteiger partial charge in [0.15, 0.2) is 5.65 Å². The van der Waals surface area contributed by atoms with Crippen LogP contribution < -0.4 is 10.2 Å². The number of nitrogens with one attached hydrogen (secondary N) is 1. The van der Waals surface area contributed by atoms with E-state index < -0.39 is 4.92 Å². The van der Waals surface area contributed by atoms with E-state index >= 15 is 0 Å². The molecule has 4 rings (SSSR count). The van der Waals surface area contributed by atoms with E-state index in [9.17, 15) is 10.1 Å². The van der Waals surface area contributed by atoms with Gasteiger partial charge in [0.25, 0.3) is 5.82 Å². The lowest BCUT2D eigenvalue weighted by atomic mass is 10.3. The molecule has 0 aliphatic carbocycles. The van der Waals surface area contributed by atoms with Crippen LogP contribution in [0.5, 0.6) is 0 Å². The fraction of sp³-hybridized carbons (Fsp3) is 0.385. The van der Waals surface area contributed by atoms with Crippen molar-refractivity contribution in [1.29, 1.82) is 0 Å². The van der Waals surface area contributed by atoms with E-state index in [2.05, 4.69) is 30.5 Å². The highest BCUT2D eigenvalue weighted by atomic mass is 16.6. The number of imidazole rings is 1. The number of nitrogens with zero attached hydrogens (tertiary/aromatic N) is 8. The summed E-state index contributed by atoms with van der Waals surface area (Å²) in [5.41, 5.74) is 0.564. The summed E-state index contributed by atoms with van der Waals surface area (Å²) >= 11 is 0. The molecule has 11 heteroatoms. The van der Waals surface area contributed by atoms with Gasteiger partial charge in [-0.3, -0.25) is 0 Å². The van der Waals surface area contributed by atoms with Gasteiger partial charge >= 0.3 is 5.82 Å². The monoisotopic (exact) mass is 329 g/mol. The van der Waals surface area contributed by atoms with E-state index in [0.29, 0.717) is 17.3 Å². The molecule has 1 saturated heterocycles. The molecule has 1 aliphatic heterocycles. The molecular weight excluding hydrogens is 314 g/mol. The fourth-order valence-electron chi connectivity index (χ4n) is 2.76. The highest BCUT2D eigenvalue weighted by Crippen LogP contribution is 2.22. The van der Waals surface area contributed by atoms with E-state index in [1.807, 2.05) is 12.1 Å². The summed E-state index contributed by atoms with van der Waals surface area (Å²) in [6, 6.07) is 3.73. The Morgan fingerprint density at radius 2 is 2.00 bits per heavy atom. The predicted molar refractivity (Wildman–Crippen MR) is 84.7 cm³/mol. The standard InChI is InChI=1S/C13H15N9O2/c1-19-11(22(23)24)8-15-12(19)13-17-16-9-2-3-10(18-21(9)13)20-6-4-14-5-7-20/h2-3,8,14H,4-7H2,1H3. The van der Waals surface area contributed by atoms with Gasteiger partial charge in [0.05, 0.1) is 7.05 Å². The van der Waals surface area contributed by atoms with Crippen molar-refractivity contribution in [3.05, 3.63) is 28.4 Å². The highest BCUT2D eigenvalue weighted by molar-refractivity contribution is 5.55. The quantitative estimate of drug-likeness (QED) is 0.520. The van der Waals surface area contributed by atoms with E-state index in [0.717, 1.165) is 32.0 Å². The Kier molecular flexibility index (Phi) is 3.34. The second kappa shape index (κ2) is 5.53. The van der Waals surface area contributed by atoms with Crippen molar-refractivity contribution in [3.8, 4) is 11.6 Å². The third kappa shape index (κ3) is 2.25. The summed E-state index contributed by atoms with van der Waals surface area (Å²) in [5, 5.41) is 27.1. The van der Waals surface area contributed by atoms with Crippen molar-refractivity contribution in [2.75, 3.05) is 31.1 Å². The Morgan fingerprint density at radius 3 is 2.71 bits per heavy atom. The Hall–Kier alpha value is -3.08. The summed E-state index contributed by atoms with van der Waals surface area (Å²) in [4.78, 5) is 16.8. The van der Waals surface area contributed by atoms with Crippen molar-refractivity contribution < 1.29 is 4.92 Å². The van der Waals surface area contributed by atoms with Crippen LogP contribution in [-0.2, 0) is 7.05 Å². The van der Waals surface area contributed by atoms with Crippen molar-refractivity contribution in [2.24, 2.45) is 7.05 Å². The van der Waals surface area contributed by atoms with Crippen LogP contribution in [0, 0.1) is 10.1 Å². The smallest absolute Gasteiger partial charge is 0.343 e. The lowest BCUT2D eigenvalue weighted by Gasteiger charge is -2.28. The first-order valence-electron chi connectivity index (χ1n) is 7.50. The number of fused-ring (bicyclic) bond motifs is 1. The first-order valence-corrected chi connectivity index (χ1v) is 7.50.